The molecule has 1 aromatic rings. The van der Waals surface area contributed by atoms with Gasteiger partial charge >= 0.3 is 0 Å². The Hall–Kier alpha value is -0.380. The lowest BCUT2D eigenvalue weighted by Gasteiger charge is -2.14. The minimum atomic E-state index is 0.474. The number of thiophene rings is 1. The molecular formula is C11H19NOS. The molecule has 1 aromatic heterocycles. The van der Waals surface area contributed by atoms with E-state index in [4.69, 9.17) is 4.74 Å². The van der Waals surface area contributed by atoms with Gasteiger partial charge in [0.15, 0.2) is 0 Å². The molecule has 80 valence electrons. The van der Waals surface area contributed by atoms with Crippen molar-refractivity contribution in [3.63, 3.8) is 0 Å². The second-order valence-electron chi connectivity index (χ2n) is 3.45. The maximum absolute atomic E-state index is 5.13. The molecule has 0 bridgehead atoms. The van der Waals surface area contributed by atoms with Crippen molar-refractivity contribution in [3.05, 3.63) is 21.9 Å². The fourth-order valence-corrected chi connectivity index (χ4v) is 2.19. The summed E-state index contributed by atoms with van der Waals surface area (Å²) < 4.78 is 5.13. The molecule has 0 aliphatic carbocycles. The van der Waals surface area contributed by atoms with Gasteiger partial charge in [-0.05, 0) is 25.5 Å². The zero-order chi connectivity index (χ0) is 10.4. The van der Waals surface area contributed by atoms with E-state index in [-0.39, 0.29) is 0 Å². The molecule has 0 unspecified atom stereocenters. The molecule has 14 heavy (non-hydrogen) atoms. The minimum Gasteiger partial charge on any atom is -0.383 e. The smallest absolute Gasteiger partial charge is 0.0615 e. The van der Waals surface area contributed by atoms with Crippen LogP contribution in [0.5, 0.6) is 0 Å². The minimum absolute atomic E-state index is 0.474. The van der Waals surface area contributed by atoms with Gasteiger partial charge < -0.3 is 10.1 Å². The number of methoxy groups -OCH3 is 1. The molecule has 0 saturated heterocycles. The second kappa shape index (κ2) is 6.17. The van der Waals surface area contributed by atoms with E-state index in [9.17, 15) is 0 Å². The Morgan fingerprint density at radius 1 is 1.50 bits per heavy atom. The Balaban J connectivity index is 2.31. The van der Waals surface area contributed by atoms with Crippen molar-refractivity contribution in [2.45, 2.75) is 32.9 Å². The third-order valence-electron chi connectivity index (χ3n) is 2.22. The predicted octanol–water partition coefficient (Wildman–Crippen LogP) is 2.57. The Bertz CT molecular complexity index is 260. The molecule has 1 rings (SSSR count). The molecule has 3 heteroatoms. The third kappa shape index (κ3) is 3.78. The van der Waals surface area contributed by atoms with Crippen molar-refractivity contribution in [1.82, 2.24) is 5.32 Å². The van der Waals surface area contributed by atoms with Crippen LogP contribution in [0.25, 0.3) is 0 Å². The summed E-state index contributed by atoms with van der Waals surface area (Å²) in [6.45, 7) is 6.07. The van der Waals surface area contributed by atoms with Gasteiger partial charge in [0.05, 0.1) is 6.61 Å². The van der Waals surface area contributed by atoms with Gasteiger partial charge in [-0.3, -0.25) is 0 Å². The fourth-order valence-electron chi connectivity index (χ4n) is 1.35. The molecule has 0 spiro atoms. The first-order chi connectivity index (χ1) is 6.76. The zero-order valence-electron chi connectivity index (χ0n) is 9.17. The van der Waals surface area contributed by atoms with E-state index in [1.807, 2.05) is 11.3 Å². The number of ether oxygens (including phenoxy) is 1. The van der Waals surface area contributed by atoms with Gasteiger partial charge in [0.2, 0.25) is 0 Å². The quantitative estimate of drug-likeness (QED) is 0.784. The van der Waals surface area contributed by atoms with Crippen LogP contribution < -0.4 is 5.32 Å². The van der Waals surface area contributed by atoms with Crippen LogP contribution in [-0.4, -0.2) is 19.8 Å². The average molecular weight is 213 g/mol. The van der Waals surface area contributed by atoms with E-state index in [1.54, 1.807) is 7.11 Å². The lowest BCUT2D eigenvalue weighted by Crippen LogP contribution is -2.31. The number of aryl methyl sites for hydroxylation is 1. The fraction of sp³-hybridized carbons (Fsp3) is 0.636. The van der Waals surface area contributed by atoms with E-state index in [0.717, 1.165) is 19.6 Å². The summed E-state index contributed by atoms with van der Waals surface area (Å²) >= 11 is 1.85. The summed E-state index contributed by atoms with van der Waals surface area (Å²) in [5, 5.41) is 3.49. The number of hydrogen-bond acceptors (Lipinski definition) is 3. The molecule has 0 amide bonds. The van der Waals surface area contributed by atoms with Crippen LogP contribution in [0.15, 0.2) is 12.1 Å². The van der Waals surface area contributed by atoms with E-state index in [2.05, 4.69) is 31.3 Å². The molecule has 1 N–H and O–H groups in total. The Morgan fingerprint density at radius 2 is 2.29 bits per heavy atom. The third-order valence-corrected chi connectivity index (χ3v) is 3.22. The molecule has 2 nitrogen and oxygen atoms in total. The van der Waals surface area contributed by atoms with Crippen LogP contribution in [-0.2, 0) is 11.3 Å². The second-order valence-corrected chi connectivity index (χ2v) is 4.83. The van der Waals surface area contributed by atoms with Gasteiger partial charge in [0.25, 0.3) is 0 Å². The summed E-state index contributed by atoms with van der Waals surface area (Å²) in [7, 11) is 1.75. The number of hydrogen-bond donors (Lipinski definition) is 1. The maximum Gasteiger partial charge on any atom is 0.0615 e. The largest absolute Gasteiger partial charge is 0.383 e. The first-order valence-corrected chi connectivity index (χ1v) is 5.85. The van der Waals surface area contributed by atoms with Crippen LogP contribution in [0.1, 0.15) is 23.1 Å². The van der Waals surface area contributed by atoms with E-state index in [0.29, 0.717) is 6.04 Å². The Labute approximate surface area is 90.3 Å². The van der Waals surface area contributed by atoms with Crippen molar-refractivity contribution in [1.29, 1.82) is 0 Å². The number of rotatable bonds is 6. The van der Waals surface area contributed by atoms with E-state index >= 15 is 0 Å². The molecule has 1 atom stereocenters. The molecule has 1 heterocycles. The summed E-state index contributed by atoms with van der Waals surface area (Å²) in [4.78, 5) is 2.78. The van der Waals surface area contributed by atoms with Gasteiger partial charge in [-0.25, -0.2) is 0 Å². The average Bonchev–Trinajstić information content (AvgIpc) is 2.59. The van der Waals surface area contributed by atoms with E-state index < -0.39 is 0 Å². The van der Waals surface area contributed by atoms with Crippen LogP contribution >= 0.6 is 11.3 Å². The Morgan fingerprint density at radius 3 is 2.79 bits per heavy atom. The lowest BCUT2D eigenvalue weighted by atomic mass is 10.2. The van der Waals surface area contributed by atoms with Crippen molar-refractivity contribution in [3.8, 4) is 0 Å². The van der Waals surface area contributed by atoms with Gasteiger partial charge in [-0.15, -0.1) is 11.3 Å². The zero-order valence-corrected chi connectivity index (χ0v) is 9.99. The highest BCUT2D eigenvalue weighted by atomic mass is 32.1. The van der Waals surface area contributed by atoms with Gasteiger partial charge in [0, 0.05) is 29.5 Å². The molecule has 0 aliphatic rings. The first-order valence-electron chi connectivity index (χ1n) is 5.04. The standard InChI is InChI=1S/C11H19NOS/c1-4-10(8-13-3)12-7-11-6-5-9(2)14-11/h5-6,10,12H,4,7-8H2,1-3H3/t10-/m1/s1. The van der Waals surface area contributed by atoms with Crippen molar-refractivity contribution >= 4 is 11.3 Å². The lowest BCUT2D eigenvalue weighted by molar-refractivity contribution is 0.164. The number of nitrogens with one attached hydrogen (secondary N) is 1. The van der Waals surface area contributed by atoms with Crippen molar-refractivity contribution in [2.24, 2.45) is 0 Å². The summed E-state index contributed by atoms with van der Waals surface area (Å²) in [5.74, 6) is 0. The maximum atomic E-state index is 5.13. The monoisotopic (exact) mass is 213 g/mol. The Kier molecular flexibility index (Phi) is 5.15. The van der Waals surface area contributed by atoms with Gasteiger partial charge in [-0.1, -0.05) is 6.92 Å². The van der Waals surface area contributed by atoms with Crippen LogP contribution in [0, 0.1) is 6.92 Å². The molecule has 0 fully saturated rings. The molecule has 0 saturated carbocycles. The highest BCUT2D eigenvalue weighted by Crippen LogP contribution is 2.14. The normalized spacial score (nSPS) is 13.1. The van der Waals surface area contributed by atoms with Gasteiger partial charge in [0.1, 0.15) is 0 Å². The summed E-state index contributed by atoms with van der Waals surface area (Å²) in [5.41, 5.74) is 0. The molecule has 0 radical (unpaired) electrons. The predicted molar refractivity (Wildman–Crippen MR) is 61.9 cm³/mol. The SMILES string of the molecule is CC[C@H](COC)NCc1ccc(C)s1. The topological polar surface area (TPSA) is 21.3 Å². The molecule has 0 aliphatic heterocycles. The molecular weight excluding hydrogens is 194 g/mol. The molecule has 0 aromatic carbocycles. The van der Waals surface area contributed by atoms with E-state index in [1.165, 1.54) is 9.75 Å². The van der Waals surface area contributed by atoms with Gasteiger partial charge in [-0.2, -0.15) is 0 Å². The van der Waals surface area contributed by atoms with Crippen LogP contribution in [0.2, 0.25) is 0 Å². The first kappa shape index (κ1) is 11.7. The summed E-state index contributed by atoms with van der Waals surface area (Å²) in [6, 6.07) is 4.83. The van der Waals surface area contributed by atoms with Crippen LogP contribution in [0.3, 0.4) is 0 Å². The summed E-state index contributed by atoms with van der Waals surface area (Å²) in [6.07, 6.45) is 1.11. The highest BCUT2D eigenvalue weighted by molar-refractivity contribution is 7.11. The van der Waals surface area contributed by atoms with Crippen LogP contribution in [0.4, 0.5) is 0 Å². The highest BCUT2D eigenvalue weighted by Gasteiger charge is 2.05. The van der Waals surface area contributed by atoms with Crippen molar-refractivity contribution < 1.29 is 4.74 Å². The van der Waals surface area contributed by atoms with Crippen molar-refractivity contribution in [2.75, 3.05) is 13.7 Å².